The molecule has 0 aromatic rings. The summed E-state index contributed by atoms with van der Waals surface area (Å²) in [6.07, 6.45) is 7.51. The molecular weight excluding hydrogens is 206 g/mol. The zero-order valence-electron chi connectivity index (χ0n) is 8.93. The molecular formula is C12H13NO3. The van der Waals surface area contributed by atoms with E-state index in [4.69, 9.17) is 10.5 Å². The second-order valence-corrected chi connectivity index (χ2v) is 3.83. The van der Waals surface area contributed by atoms with Gasteiger partial charge in [0.15, 0.2) is 6.10 Å². The number of hydrogen-bond donors (Lipinski definition) is 2. The third-order valence-electron chi connectivity index (χ3n) is 2.58. The summed E-state index contributed by atoms with van der Waals surface area (Å²) >= 11 is 0. The molecule has 1 aliphatic heterocycles. The topological polar surface area (TPSA) is 72.6 Å². The molecule has 0 spiro atoms. The highest BCUT2D eigenvalue weighted by Gasteiger charge is 2.36. The molecule has 0 aromatic carbocycles. The molecule has 84 valence electrons. The molecule has 0 saturated heterocycles. The summed E-state index contributed by atoms with van der Waals surface area (Å²) in [5, 5.41) is 9.31. The maximum atomic E-state index is 11.6. The average molecular weight is 219 g/mol. The van der Waals surface area contributed by atoms with E-state index in [2.05, 4.69) is 0 Å². The summed E-state index contributed by atoms with van der Waals surface area (Å²) in [5.41, 5.74) is 7.26. The van der Waals surface area contributed by atoms with Crippen molar-refractivity contribution < 1.29 is 14.6 Å². The summed E-state index contributed by atoms with van der Waals surface area (Å²) in [5.74, 6) is -1.13. The maximum Gasteiger partial charge on any atom is 0.247 e. The standard InChI is InChI=1S/C12H13NO3/c1-7-3-2-4-8(6-5-7)11-9(14)10(15)12(13)16-11/h2-3,5-6,11,15H,4,13H2,1H3. The molecule has 2 aliphatic rings. The van der Waals surface area contributed by atoms with Crippen molar-refractivity contribution >= 4 is 5.78 Å². The Labute approximate surface area is 93.4 Å². The molecule has 4 nitrogen and oxygen atoms in total. The van der Waals surface area contributed by atoms with Crippen LogP contribution in [0, 0.1) is 0 Å². The fraction of sp³-hybridized carbons (Fsp3) is 0.250. The number of aliphatic hydroxyl groups is 1. The van der Waals surface area contributed by atoms with Crippen molar-refractivity contribution in [1.29, 1.82) is 0 Å². The van der Waals surface area contributed by atoms with Gasteiger partial charge in [0, 0.05) is 0 Å². The lowest BCUT2D eigenvalue weighted by Crippen LogP contribution is -2.21. The van der Waals surface area contributed by atoms with Crippen molar-refractivity contribution in [3.05, 3.63) is 47.1 Å². The summed E-state index contributed by atoms with van der Waals surface area (Å²) < 4.78 is 5.14. The van der Waals surface area contributed by atoms with Gasteiger partial charge in [0.05, 0.1) is 0 Å². The monoisotopic (exact) mass is 219 g/mol. The number of ketones is 1. The van der Waals surface area contributed by atoms with Gasteiger partial charge in [-0.2, -0.15) is 0 Å². The number of carbonyl (C=O) groups excluding carboxylic acids is 1. The second kappa shape index (κ2) is 3.89. The van der Waals surface area contributed by atoms with E-state index in [1.165, 1.54) is 0 Å². The molecule has 0 aromatic heterocycles. The summed E-state index contributed by atoms with van der Waals surface area (Å²) in [6.45, 7) is 1.97. The van der Waals surface area contributed by atoms with Gasteiger partial charge in [-0.05, 0) is 18.9 Å². The van der Waals surface area contributed by atoms with Crippen molar-refractivity contribution in [1.82, 2.24) is 0 Å². The van der Waals surface area contributed by atoms with Gasteiger partial charge in [-0.15, -0.1) is 0 Å². The maximum absolute atomic E-state index is 11.6. The van der Waals surface area contributed by atoms with E-state index in [1.807, 2.05) is 31.2 Å². The molecule has 0 saturated carbocycles. The van der Waals surface area contributed by atoms with Gasteiger partial charge >= 0.3 is 0 Å². The van der Waals surface area contributed by atoms with Crippen LogP contribution in [0.25, 0.3) is 0 Å². The second-order valence-electron chi connectivity index (χ2n) is 3.83. The lowest BCUT2D eigenvalue weighted by molar-refractivity contribution is -0.121. The number of carbonyl (C=O) groups is 1. The molecule has 2 rings (SSSR count). The normalized spacial score (nSPS) is 25.1. The minimum atomic E-state index is -0.771. The molecule has 1 heterocycles. The minimum absolute atomic E-state index is 0.190. The third kappa shape index (κ3) is 1.74. The van der Waals surface area contributed by atoms with Gasteiger partial charge in [0.2, 0.25) is 17.4 Å². The predicted octanol–water partition coefficient (Wildman–Crippen LogP) is 1.47. The Bertz CT molecular complexity index is 455. The Hall–Kier alpha value is -1.97. The van der Waals surface area contributed by atoms with Gasteiger partial charge < -0.3 is 15.6 Å². The van der Waals surface area contributed by atoms with Gasteiger partial charge in [-0.1, -0.05) is 29.9 Å². The lowest BCUT2D eigenvalue weighted by Gasteiger charge is -2.11. The van der Waals surface area contributed by atoms with Gasteiger partial charge in [-0.25, -0.2) is 0 Å². The Kier molecular flexibility index (Phi) is 2.56. The largest absolute Gasteiger partial charge is 0.501 e. The van der Waals surface area contributed by atoms with Crippen LogP contribution >= 0.6 is 0 Å². The van der Waals surface area contributed by atoms with E-state index in [-0.39, 0.29) is 5.88 Å². The SMILES string of the molecule is CC1=CC=C(C2OC(N)=C(O)C2=O)CC=C1. The smallest absolute Gasteiger partial charge is 0.247 e. The third-order valence-corrected chi connectivity index (χ3v) is 2.58. The molecule has 1 unspecified atom stereocenters. The van der Waals surface area contributed by atoms with Crippen LogP contribution < -0.4 is 5.73 Å². The fourth-order valence-electron chi connectivity index (χ4n) is 1.66. The number of Topliss-reactive ketones (excluding diaryl/α,β-unsaturated/α-hetero) is 1. The van der Waals surface area contributed by atoms with E-state index < -0.39 is 17.6 Å². The van der Waals surface area contributed by atoms with Crippen LogP contribution in [0.2, 0.25) is 0 Å². The van der Waals surface area contributed by atoms with Crippen molar-refractivity contribution in [2.45, 2.75) is 19.4 Å². The van der Waals surface area contributed by atoms with Crippen LogP contribution in [0.5, 0.6) is 0 Å². The molecule has 16 heavy (non-hydrogen) atoms. The highest BCUT2D eigenvalue weighted by molar-refractivity contribution is 6.01. The van der Waals surface area contributed by atoms with Crippen LogP contribution in [-0.4, -0.2) is 17.0 Å². The van der Waals surface area contributed by atoms with Crippen LogP contribution in [-0.2, 0) is 9.53 Å². The predicted molar refractivity (Wildman–Crippen MR) is 59.3 cm³/mol. The fourth-order valence-corrected chi connectivity index (χ4v) is 1.66. The minimum Gasteiger partial charge on any atom is -0.501 e. The zero-order chi connectivity index (χ0) is 11.7. The van der Waals surface area contributed by atoms with E-state index in [1.54, 1.807) is 0 Å². The number of rotatable bonds is 1. The molecule has 0 amide bonds. The van der Waals surface area contributed by atoms with E-state index in [0.29, 0.717) is 6.42 Å². The number of nitrogens with two attached hydrogens (primary N) is 1. The number of aliphatic hydroxyl groups excluding tert-OH is 1. The Morgan fingerprint density at radius 2 is 2.25 bits per heavy atom. The first-order chi connectivity index (χ1) is 7.59. The quantitative estimate of drug-likeness (QED) is 0.700. The summed E-state index contributed by atoms with van der Waals surface area (Å²) in [4.78, 5) is 11.6. The zero-order valence-corrected chi connectivity index (χ0v) is 8.93. The van der Waals surface area contributed by atoms with Gasteiger partial charge in [0.1, 0.15) is 0 Å². The van der Waals surface area contributed by atoms with Gasteiger partial charge in [-0.3, -0.25) is 4.79 Å². The van der Waals surface area contributed by atoms with Crippen molar-refractivity contribution in [2.75, 3.05) is 0 Å². The molecule has 1 atom stereocenters. The van der Waals surface area contributed by atoms with E-state index >= 15 is 0 Å². The van der Waals surface area contributed by atoms with Crippen molar-refractivity contribution in [2.24, 2.45) is 5.73 Å². The summed E-state index contributed by atoms with van der Waals surface area (Å²) in [7, 11) is 0. The Morgan fingerprint density at radius 3 is 2.88 bits per heavy atom. The van der Waals surface area contributed by atoms with E-state index in [9.17, 15) is 9.90 Å². The summed E-state index contributed by atoms with van der Waals surface area (Å²) in [6, 6.07) is 0. The van der Waals surface area contributed by atoms with E-state index in [0.717, 1.165) is 11.1 Å². The number of ether oxygens (including phenoxy) is 1. The van der Waals surface area contributed by atoms with Gasteiger partial charge in [0.25, 0.3) is 0 Å². The Balaban J connectivity index is 2.24. The van der Waals surface area contributed by atoms with Crippen LogP contribution in [0.4, 0.5) is 0 Å². The molecule has 0 bridgehead atoms. The van der Waals surface area contributed by atoms with Crippen LogP contribution in [0.3, 0.4) is 0 Å². The van der Waals surface area contributed by atoms with Crippen LogP contribution in [0.1, 0.15) is 13.3 Å². The molecule has 4 heteroatoms. The first kappa shape index (κ1) is 10.5. The molecule has 0 fully saturated rings. The first-order valence-electron chi connectivity index (χ1n) is 5.03. The molecule has 3 N–H and O–H groups in total. The Morgan fingerprint density at radius 1 is 1.50 bits per heavy atom. The van der Waals surface area contributed by atoms with Crippen LogP contribution in [0.15, 0.2) is 47.1 Å². The average Bonchev–Trinajstić information content (AvgIpc) is 2.47. The first-order valence-corrected chi connectivity index (χ1v) is 5.03. The lowest BCUT2D eigenvalue weighted by atomic mass is 10.0. The highest BCUT2D eigenvalue weighted by atomic mass is 16.5. The van der Waals surface area contributed by atoms with Crippen molar-refractivity contribution in [3.8, 4) is 0 Å². The number of allylic oxidation sites excluding steroid dienone is 5. The molecule has 1 aliphatic carbocycles. The number of hydrogen-bond acceptors (Lipinski definition) is 4. The highest BCUT2D eigenvalue weighted by Crippen LogP contribution is 2.25. The molecule has 0 radical (unpaired) electrons. The van der Waals surface area contributed by atoms with Crippen molar-refractivity contribution in [3.63, 3.8) is 0 Å².